The lowest BCUT2D eigenvalue weighted by atomic mass is 10.0. The first kappa shape index (κ1) is 16.0. The van der Waals surface area contributed by atoms with Crippen molar-refractivity contribution in [3.8, 4) is 0 Å². The Morgan fingerprint density at radius 3 is 2.65 bits per heavy atom. The number of benzene rings is 1. The Kier molecular flexibility index (Phi) is 6.06. The van der Waals surface area contributed by atoms with E-state index >= 15 is 0 Å². The molecule has 0 saturated heterocycles. The largest absolute Gasteiger partial charge is 0.313 e. The number of nitrogens with zero attached hydrogens (tertiary/aromatic N) is 1. The SMILES string of the molecule is CNC(CCN(CC(C)C)C1CC1)c1cccc(Br)c1. The van der Waals surface area contributed by atoms with Gasteiger partial charge in [0.05, 0.1) is 0 Å². The van der Waals surface area contributed by atoms with E-state index in [1.165, 1.54) is 37.9 Å². The van der Waals surface area contributed by atoms with Crippen LogP contribution in [0.25, 0.3) is 0 Å². The molecule has 0 aromatic heterocycles. The second-order valence-electron chi connectivity index (χ2n) is 6.30. The number of rotatable bonds is 8. The number of hydrogen-bond donors (Lipinski definition) is 1. The topological polar surface area (TPSA) is 15.3 Å². The van der Waals surface area contributed by atoms with Crippen molar-refractivity contribution in [2.24, 2.45) is 5.92 Å². The lowest BCUT2D eigenvalue weighted by molar-refractivity contribution is 0.223. The van der Waals surface area contributed by atoms with Crippen molar-refractivity contribution in [3.05, 3.63) is 34.3 Å². The second-order valence-corrected chi connectivity index (χ2v) is 7.22. The molecule has 20 heavy (non-hydrogen) atoms. The van der Waals surface area contributed by atoms with Gasteiger partial charge < -0.3 is 10.2 Å². The maximum Gasteiger partial charge on any atom is 0.0330 e. The highest BCUT2D eigenvalue weighted by Gasteiger charge is 2.29. The van der Waals surface area contributed by atoms with E-state index in [4.69, 9.17) is 0 Å². The van der Waals surface area contributed by atoms with Gasteiger partial charge in [-0.2, -0.15) is 0 Å². The molecule has 112 valence electrons. The Morgan fingerprint density at radius 2 is 2.10 bits per heavy atom. The zero-order chi connectivity index (χ0) is 14.5. The Balaban J connectivity index is 1.92. The zero-order valence-corrected chi connectivity index (χ0v) is 14.5. The molecular formula is C17H27BrN2. The summed E-state index contributed by atoms with van der Waals surface area (Å²) in [7, 11) is 2.06. The van der Waals surface area contributed by atoms with Crippen LogP contribution in [-0.2, 0) is 0 Å². The predicted octanol–water partition coefficient (Wildman–Crippen LogP) is 4.22. The Morgan fingerprint density at radius 1 is 1.35 bits per heavy atom. The fourth-order valence-electron chi connectivity index (χ4n) is 2.83. The Labute approximate surface area is 132 Å². The summed E-state index contributed by atoms with van der Waals surface area (Å²) in [5.74, 6) is 0.759. The highest BCUT2D eigenvalue weighted by Crippen LogP contribution is 2.29. The van der Waals surface area contributed by atoms with Gasteiger partial charge in [-0.25, -0.2) is 0 Å². The van der Waals surface area contributed by atoms with Gasteiger partial charge in [0.1, 0.15) is 0 Å². The molecule has 0 aliphatic heterocycles. The monoisotopic (exact) mass is 338 g/mol. The average Bonchev–Trinajstić information content (AvgIpc) is 3.22. The lowest BCUT2D eigenvalue weighted by Crippen LogP contribution is -2.33. The normalized spacial score (nSPS) is 16.9. The molecule has 0 amide bonds. The first-order valence-corrected chi connectivity index (χ1v) is 8.56. The van der Waals surface area contributed by atoms with Crippen molar-refractivity contribution >= 4 is 15.9 Å². The first-order valence-electron chi connectivity index (χ1n) is 7.77. The average molecular weight is 339 g/mol. The summed E-state index contributed by atoms with van der Waals surface area (Å²) in [6, 6.07) is 9.96. The van der Waals surface area contributed by atoms with Gasteiger partial charge in [0.2, 0.25) is 0 Å². The van der Waals surface area contributed by atoms with E-state index in [0.717, 1.165) is 16.4 Å². The maximum atomic E-state index is 3.57. The molecule has 1 aliphatic carbocycles. The summed E-state index contributed by atoms with van der Waals surface area (Å²) in [6.07, 6.45) is 3.97. The third kappa shape index (κ3) is 4.87. The molecule has 2 rings (SSSR count). The van der Waals surface area contributed by atoms with Gasteiger partial charge in [-0.3, -0.25) is 0 Å². The van der Waals surface area contributed by atoms with Crippen LogP contribution in [0.3, 0.4) is 0 Å². The van der Waals surface area contributed by atoms with Crippen molar-refractivity contribution in [1.82, 2.24) is 10.2 Å². The summed E-state index contributed by atoms with van der Waals surface area (Å²) >= 11 is 3.57. The van der Waals surface area contributed by atoms with Crippen molar-refractivity contribution in [3.63, 3.8) is 0 Å². The third-order valence-electron chi connectivity index (χ3n) is 3.97. The minimum Gasteiger partial charge on any atom is -0.313 e. The van der Waals surface area contributed by atoms with Crippen molar-refractivity contribution in [1.29, 1.82) is 0 Å². The summed E-state index contributed by atoms with van der Waals surface area (Å²) in [4.78, 5) is 2.69. The summed E-state index contributed by atoms with van der Waals surface area (Å²) in [5.41, 5.74) is 1.38. The fourth-order valence-corrected chi connectivity index (χ4v) is 3.24. The highest BCUT2D eigenvalue weighted by molar-refractivity contribution is 9.10. The Bertz CT molecular complexity index is 415. The van der Waals surface area contributed by atoms with Gasteiger partial charge in [-0.15, -0.1) is 0 Å². The van der Waals surface area contributed by atoms with Gasteiger partial charge in [-0.05, 0) is 49.9 Å². The van der Waals surface area contributed by atoms with Gasteiger partial charge in [0.25, 0.3) is 0 Å². The second kappa shape index (κ2) is 7.58. The molecule has 1 aromatic carbocycles. The van der Waals surface area contributed by atoms with E-state index in [9.17, 15) is 0 Å². The van der Waals surface area contributed by atoms with Crippen LogP contribution in [0.15, 0.2) is 28.7 Å². The highest BCUT2D eigenvalue weighted by atomic mass is 79.9. The smallest absolute Gasteiger partial charge is 0.0330 e. The summed E-state index contributed by atoms with van der Waals surface area (Å²) in [5, 5.41) is 3.47. The van der Waals surface area contributed by atoms with E-state index in [0.29, 0.717) is 6.04 Å². The quantitative estimate of drug-likeness (QED) is 0.763. The van der Waals surface area contributed by atoms with Crippen molar-refractivity contribution < 1.29 is 0 Å². The van der Waals surface area contributed by atoms with Crippen LogP contribution in [0.2, 0.25) is 0 Å². The van der Waals surface area contributed by atoms with E-state index in [1.807, 2.05) is 0 Å². The molecule has 1 fully saturated rings. The molecule has 0 heterocycles. The molecule has 1 aromatic rings. The van der Waals surface area contributed by atoms with Crippen LogP contribution in [0.4, 0.5) is 0 Å². The van der Waals surface area contributed by atoms with Gasteiger partial charge >= 0.3 is 0 Å². The lowest BCUT2D eigenvalue weighted by Gasteiger charge is -2.26. The number of halogens is 1. The molecule has 0 radical (unpaired) electrons. The van der Waals surface area contributed by atoms with E-state index in [2.05, 4.69) is 71.3 Å². The van der Waals surface area contributed by atoms with Crippen LogP contribution in [0.5, 0.6) is 0 Å². The molecule has 0 bridgehead atoms. The fraction of sp³-hybridized carbons (Fsp3) is 0.647. The molecule has 1 N–H and O–H groups in total. The van der Waals surface area contributed by atoms with Crippen molar-refractivity contribution in [2.45, 2.75) is 45.2 Å². The molecule has 1 aliphatic rings. The van der Waals surface area contributed by atoms with Crippen molar-refractivity contribution in [2.75, 3.05) is 20.1 Å². The van der Waals surface area contributed by atoms with Crippen LogP contribution in [-0.4, -0.2) is 31.1 Å². The number of nitrogens with one attached hydrogen (secondary N) is 1. The van der Waals surface area contributed by atoms with Gasteiger partial charge in [0, 0.05) is 29.6 Å². The van der Waals surface area contributed by atoms with Crippen LogP contribution < -0.4 is 5.32 Å². The third-order valence-corrected chi connectivity index (χ3v) is 4.46. The van der Waals surface area contributed by atoms with Crippen LogP contribution in [0.1, 0.15) is 44.7 Å². The molecule has 1 saturated carbocycles. The molecule has 2 nitrogen and oxygen atoms in total. The van der Waals surface area contributed by atoms with Crippen LogP contribution >= 0.6 is 15.9 Å². The standard InChI is InChI=1S/C17H27BrN2/c1-13(2)12-20(16-7-8-16)10-9-17(19-3)14-5-4-6-15(18)11-14/h4-6,11,13,16-17,19H,7-10,12H2,1-3H3. The summed E-state index contributed by atoms with van der Waals surface area (Å²) in [6.45, 7) is 7.07. The molecule has 1 unspecified atom stereocenters. The van der Waals surface area contributed by atoms with E-state index in [1.54, 1.807) is 0 Å². The zero-order valence-electron chi connectivity index (χ0n) is 12.9. The van der Waals surface area contributed by atoms with Gasteiger partial charge in [-0.1, -0.05) is 41.9 Å². The van der Waals surface area contributed by atoms with Crippen LogP contribution in [0, 0.1) is 5.92 Å². The van der Waals surface area contributed by atoms with E-state index < -0.39 is 0 Å². The van der Waals surface area contributed by atoms with Gasteiger partial charge in [0.15, 0.2) is 0 Å². The Hall–Kier alpha value is -0.380. The maximum absolute atomic E-state index is 3.57. The molecule has 0 spiro atoms. The first-order chi connectivity index (χ1) is 9.60. The number of hydrogen-bond acceptors (Lipinski definition) is 2. The minimum atomic E-state index is 0.445. The predicted molar refractivity (Wildman–Crippen MR) is 90.0 cm³/mol. The molecule has 1 atom stereocenters. The van der Waals surface area contributed by atoms with E-state index in [-0.39, 0.29) is 0 Å². The molecule has 3 heteroatoms. The molecular weight excluding hydrogens is 312 g/mol. The summed E-state index contributed by atoms with van der Waals surface area (Å²) < 4.78 is 1.16. The minimum absolute atomic E-state index is 0.445.